The molecular formula is C9H16N2O2. The summed E-state index contributed by atoms with van der Waals surface area (Å²) >= 11 is 0. The normalized spacial score (nSPS) is 8.62. The van der Waals surface area contributed by atoms with E-state index in [0.717, 1.165) is 5.56 Å². The Kier molecular flexibility index (Phi) is 6.82. The second kappa shape index (κ2) is 7.49. The minimum atomic E-state index is -0.00434. The van der Waals surface area contributed by atoms with Crippen LogP contribution >= 0.6 is 0 Å². The molecule has 13 heavy (non-hydrogen) atoms. The third kappa shape index (κ3) is 5.14. The van der Waals surface area contributed by atoms with Gasteiger partial charge in [-0.3, -0.25) is 0 Å². The third-order valence-corrected chi connectivity index (χ3v) is 1.11. The van der Waals surface area contributed by atoms with Crippen LogP contribution in [0, 0.1) is 6.92 Å². The van der Waals surface area contributed by atoms with Gasteiger partial charge in [0.1, 0.15) is 6.61 Å². The van der Waals surface area contributed by atoms with Crippen LogP contribution in [0.15, 0.2) is 12.3 Å². The lowest BCUT2D eigenvalue weighted by molar-refractivity contribution is 0.195. The summed E-state index contributed by atoms with van der Waals surface area (Å²) in [5.41, 5.74) is 0.993. The lowest BCUT2D eigenvalue weighted by Crippen LogP contribution is -2.03. The highest BCUT2D eigenvalue weighted by Crippen LogP contribution is 2.04. The van der Waals surface area contributed by atoms with Crippen LogP contribution < -0.4 is 4.74 Å². The lowest BCUT2D eigenvalue weighted by Gasteiger charge is -2.00. The van der Waals surface area contributed by atoms with E-state index in [-0.39, 0.29) is 13.2 Å². The molecule has 0 aliphatic heterocycles. The topological polar surface area (TPSA) is 55.2 Å². The Hall–Kier alpha value is -1.16. The number of nitrogens with zero attached hydrogens (tertiary/aromatic N) is 2. The summed E-state index contributed by atoms with van der Waals surface area (Å²) < 4.78 is 5.01. The van der Waals surface area contributed by atoms with Crippen LogP contribution in [-0.4, -0.2) is 28.5 Å². The van der Waals surface area contributed by atoms with Gasteiger partial charge < -0.3 is 9.84 Å². The van der Waals surface area contributed by atoms with Crippen molar-refractivity contribution < 1.29 is 9.84 Å². The van der Waals surface area contributed by atoms with E-state index in [9.17, 15) is 0 Å². The van der Waals surface area contributed by atoms with Gasteiger partial charge in [0.2, 0.25) is 5.88 Å². The first-order valence-electron chi connectivity index (χ1n) is 4.36. The van der Waals surface area contributed by atoms with Crippen molar-refractivity contribution in [3.8, 4) is 5.88 Å². The van der Waals surface area contributed by atoms with Gasteiger partial charge in [-0.15, -0.1) is 5.10 Å². The first-order valence-corrected chi connectivity index (χ1v) is 4.36. The van der Waals surface area contributed by atoms with Crippen molar-refractivity contribution in [2.24, 2.45) is 0 Å². The van der Waals surface area contributed by atoms with Crippen LogP contribution in [-0.2, 0) is 0 Å². The summed E-state index contributed by atoms with van der Waals surface area (Å²) in [6, 6.07) is 1.77. The molecule has 0 atom stereocenters. The second-order valence-electron chi connectivity index (χ2n) is 2.14. The van der Waals surface area contributed by atoms with Crippen molar-refractivity contribution in [3.05, 3.63) is 17.8 Å². The molecule has 0 radical (unpaired) electrons. The Balaban J connectivity index is 0.000000671. The summed E-state index contributed by atoms with van der Waals surface area (Å²) in [7, 11) is 0. The minimum absolute atomic E-state index is 0.00434. The van der Waals surface area contributed by atoms with Crippen LogP contribution in [0.1, 0.15) is 19.4 Å². The Morgan fingerprint density at radius 3 is 2.69 bits per heavy atom. The number of aromatic nitrogens is 2. The fourth-order valence-corrected chi connectivity index (χ4v) is 0.658. The van der Waals surface area contributed by atoms with Crippen LogP contribution in [0.5, 0.6) is 5.88 Å². The molecule has 0 bridgehead atoms. The first kappa shape index (κ1) is 11.8. The van der Waals surface area contributed by atoms with E-state index in [1.54, 1.807) is 12.3 Å². The monoisotopic (exact) mass is 184 g/mol. The highest BCUT2D eigenvalue weighted by atomic mass is 16.5. The van der Waals surface area contributed by atoms with Crippen LogP contribution in [0.25, 0.3) is 0 Å². The second-order valence-corrected chi connectivity index (χ2v) is 2.14. The largest absolute Gasteiger partial charge is 0.474 e. The van der Waals surface area contributed by atoms with Crippen molar-refractivity contribution in [2.45, 2.75) is 20.8 Å². The van der Waals surface area contributed by atoms with Crippen molar-refractivity contribution in [1.82, 2.24) is 10.2 Å². The average molecular weight is 184 g/mol. The number of aliphatic hydroxyl groups is 1. The molecule has 4 nitrogen and oxygen atoms in total. The summed E-state index contributed by atoms with van der Waals surface area (Å²) in [5.74, 6) is 0.457. The maximum atomic E-state index is 8.42. The first-order chi connectivity index (χ1) is 6.33. The molecule has 4 heteroatoms. The molecule has 0 aliphatic carbocycles. The number of aliphatic hydroxyl groups excluding tert-OH is 1. The van der Waals surface area contributed by atoms with Gasteiger partial charge in [0.05, 0.1) is 12.8 Å². The van der Waals surface area contributed by atoms with Crippen molar-refractivity contribution >= 4 is 0 Å². The van der Waals surface area contributed by atoms with Crippen molar-refractivity contribution in [1.29, 1.82) is 0 Å². The highest BCUT2D eigenvalue weighted by molar-refractivity contribution is 5.14. The van der Waals surface area contributed by atoms with Gasteiger partial charge in [-0.1, -0.05) is 13.8 Å². The number of ether oxygens (including phenoxy) is 1. The molecule has 1 heterocycles. The Morgan fingerprint density at radius 2 is 2.15 bits per heavy atom. The molecule has 0 aliphatic rings. The zero-order valence-electron chi connectivity index (χ0n) is 8.32. The van der Waals surface area contributed by atoms with Gasteiger partial charge in [0.25, 0.3) is 0 Å². The summed E-state index contributed by atoms with van der Waals surface area (Å²) in [5, 5.41) is 15.8. The molecule has 0 fully saturated rings. The molecule has 1 N–H and O–H groups in total. The zero-order valence-corrected chi connectivity index (χ0v) is 8.32. The summed E-state index contributed by atoms with van der Waals surface area (Å²) in [6.07, 6.45) is 1.64. The van der Waals surface area contributed by atoms with Gasteiger partial charge in [0, 0.05) is 6.07 Å². The third-order valence-electron chi connectivity index (χ3n) is 1.11. The predicted octanol–water partition coefficient (Wildman–Crippen LogP) is 1.18. The standard InChI is InChI=1S/C7H10N2O2.C2H6/c1-6-4-7(9-8-5-6)11-3-2-10;1-2/h4-5,10H,2-3H2,1H3;1-2H3. The smallest absolute Gasteiger partial charge is 0.233 e. The Bertz CT molecular complexity index is 229. The maximum Gasteiger partial charge on any atom is 0.233 e. The SMILES string of the molecule is CC.Cc1cnnc(OCCO)c1. The maximum absolute atomic E-state index is 8.42. The summed E-state index contributed by atoms with van der Waals surface area (Å²) in [4.78, 5) is 0. The zero-order chi connectivity index (χ0) is 10.1. The van der Waals surface area contributed by atoms with E-state index in [2.05, 4.69) is 10.2 Å². The van der Waals surface area contributed by atoms with Crippen LogP contribution in [0.4, 0.5) is 0 Å². The van der Waals surface area contributed by atoms with E-state index in [4.69, 9.17) is 9.84 Å². The van der Waals surface area contributed by atoms with Gasteiger partial charge >= 0.3 is 0 Å². The van der Waals surface area contributed by atoms with Crippen LogP contribution in [0.3, 0.4) is 0 Å². The van der Waals surface area contributed by atoms with Gasteiger partial charge in [-0.05, 0) is 12.5 Å². The molecule has 0 spiro atoms. The van der Waals surface area contributed by atoms with E-state index < -0.39 is 0 Å². The number of aryl methyl sites for hydroxylation is 1. The predicted molar refractivity (Wildman–Crippen MR) is 50.7 cm³/mol. The quantitative estimate of drug-likeness (QED) is 0.766. The van der Waals surface area contributed by atoms with E-state index in [1.165, 1.54) is 0 Å². The van der Waals surface area contributed by atoms with E-state index in [0.29, 0.717) is 5.88 Å². The molecule has 0 aromatic carbocycles. The van der Waals surface area contributed by atoms with Crippen molar-refractivity contribution in [3.63, 3.8) is 0 Å². The fourth-order valence-electron chi connectivity index (χ4n) is 0.658. The van der Waals surface area contributed by atoms with Gasteiger partial charge in [-0.2, -0.15) is 5.10 Å². The molecule has 1 aromatic heterocycles. The molecule has 0 unspecified atom stereocenters. The van der Waals surface area contributed by atoms with E-state index >= 15 is 0 Å². The molecule has 0 amide bonds. The Morgan fingerprint density at radius 1 is 1.46 bits per heavy atom. The molecule has 74 valence electrons. The van der Waals surface area contributed by atoms with Crippen LogP contribution in [0.2, 0.25) is 0 Å². The van der Waals surface area contributed by atoms with E-state index in [1.807, 2.05) is 20.8 Å². The fraction of sp³-hybridized carbons (Fsp3) is 0.556. The number of hydrogen-bond acceptors (Lipinski definition) is 4. The summed E-state index contributed by atoms with van der Waals surface area (Å²) in [6.45, 7) is 6.16. The van der Waals surface area contributed by atoms with Gasteiger partial charge in [0.15, 0.2) is 0 Å². The number of rotatable bonds is 3. The Labute approximate surface area is 78.6 Å². The molecule has 1 aromatic rings. The van der Waals surface area contributed by atoms with Gasteiger partial charge in [-0.25, -0.2) is 0 Å². The highest BCUT2D eigenvalue weighted by Gasteiger charge is 1.94. The van der Waals surface area contributed by atoms with Crippen molar-refractivity contribution in [2.75, 3.05) is 13.2 Å². The molecular weight excluding hydrogens is 168 g/mol. The molecule has 0 saturated heterocycles. The minimum Gasteiger partial charge on any atom is -0.474 e. The lowest BCUT2D eigenvalue weighted by atomic mass is 10.3. The molecule has 0 saturated carbocycles. The average Bonchev–Trinajstić information content (AvgIpc) is 2.18. The number of hydrogen-bond donors (Lipinski definition) is 1. The molecule has 1 rings (SSSR count).